The second-order valence-corrected chi connectivity index (χ2v) is 5.43. The molecule has 1 fully saturated rings. The van der Waals surface area contributed by atoms with Gasteiger partial charge in [0.25, 0.3) is 5.91 Å². The van der Waals surface area contributed by atoms with Gasteiger partial charge in [0.1, 0.15) is 5.75 Å². The number of ether oxygens (including phenoxy) is 1. The normalized spacial score (nSPS) is 12.7. The number of para-hydroxylation sites is 1. The Hall–Kier alpha value is -3.60. The lowest BCUT2D eigenvalue weighted by atomic mass is 9.92. The van der Waals surface area contributed by atoms with Crippen LogP contribution in [0, 0.1) is 17.1 Å². The van der Waals surface area contributed by atoms with Crippen LogP contribution < -0.4 is 15.4 Å². The summed E-state index contributed by atoms with van der Waals surface area (Å²) in [6.45, 7) is 1.22. The summed E-state index contributed by atoms with van der Waals surface area (Å²) in [5.41, 5.74) is 0.130. The molecular weight excluding hydrogens is 339 g/mol. The molecule has 2 aromatic carbocycles. The van der Waals surface area contributed by atoms with Gasteiger partial charge in [0, 0.05) is 24.2 Å². The third kappa shape index (κ3) is 3.02. The van der Waals surface area contributed by atoms with Crippen LogP contribution in [0.25, 0.3) is 11.1 Å². The third-order valence-electron chi connectivity index (χ3n) is 3.88. The molecule has 26 heavy (non-hydrogen) atoms. The van der Waals surface area contributed by atoms with Crippen LogP contribution in [0.4, 0.5) is 4.39 Å². The summed E-state index contributed by atoms with van der Waals surface area (Å²) < 4.78 is 19.2. The molecule has 1 aliphatic heterocycles. The number of aromatic hydroxyl groups is 1. The molecule has 1 heterocycles. The number of nitriles is 1. The fraction of sp³-hybridized carbons (Fsp3) is 0.167. The van der Waals surface area contributed by atoms with Crippen LogP contribution in [0.2, 0.25) is 0 Å². The zero-order valence-electron chi connectivity index (χ0n) is 13.8. The quantitative estimate of drug-likeness (QED) is 0.775. The van der Waals surface area contributed by atoms with Gasteiger partial charge in [-0.25, -0.2) is 4.39 Å². The molecule has 3 rings (SSSR count). The predicted octanol–water partition coefficient (Wildman–Crippen LogP) is 1.77. The summed E-state index contributed by atoms with van der Waals surface area (Å²) >= 11 is 0. The lowest BCUT2D eigenvalue weighted by molar-refractivity contribution is 0.100. The van der Waals surface area contributed by atoms with Gasteiger partial charge >= 0.3 is 0 Å². The minimum atomic E-state index is -0.766. The molecule has 1 saturated heterocycles. The molecule has 1 aliphatic rings. The smallest absolute Gasteiger partial charge is 0.284 e. The van der Waals surface area contributed by atoms with Crippen LogP contribution in [0.3, 0.4) is 0 Å². The molecule has 132 valence electrons. The number of amides is 1. The molecule has 0 unspecified atom stereocenters. The van der Waals surface area contributed by atoms with E-state index in [0.29, 0.717) is 13.1 Å². The highest BCUT2D eigenvalue weighted by Gasteiger charge is 2.25. The van der Waals surface area contributed by atoms with Crippen LogP contribution in [-0.4, -0.2) is 37.2 Å². The molecule has 0 aromatic heterocycles. The van der Waals surface area contributed by atoms with Gasteiger partial charge in [0.2, 0.25) is 0 Å². The number of guanidine groups is 1. The maximum atomic E-state index is 14.1. The fourth-order valence-electron chi connectivity index (χ4n) is 2.76. The van der Waals surface area contributed by atoms with E-state index in [0.717, 1.165) is 0 Å². The number of hydrogen-bond donors (Lipinski definition) is 3. The highest BCUT2D eigenvalue weighted by atomic mass is 19.1. The van der Waals surface area contributed by atoms with E-state index >= 15 is 0 Å². The van der Waals surface area contributed by atoms with Gasteiger partial charge in [0.15, 0.2) is 17.5 Å². The van der Waals surface area contributed by atoms with Crippen molar-refractivity contribution in [3.05, 3.63) is 47.3 Å². The fourth-order valence-corrected chi connectivity index (χ4v) is 2.76. The number of methoxy groups -OCH3 is 1. The zero-order chi connectivity index (χ0) is 18.7. The Kier molecular flexibility index (Phi) is 4.71. The number of phenols is 1. The molecule has 2 aromatic rings. The van der Waals surface area contributed by atoms with Gasteiger partial charge in [0.05, 0.1) is 24.3 Å². The van der Waals surface area contributed by atoms with E-state index in [1.54, 1.807) is 0 Å². The molecule has 7 nitrogen and oxygen atoms in total. The Morgan fingerprint density at radius 2 is 2.04 bits per heavy atom. The number of carbonyl (C=O) groups is 1. The summed E-state index contributed by atoms with van der Waals surface area (Å²) in [5.74, 6) is -1.64. The zero-order valence-corrected chi connectivity index (χ0v) is 13.8. The first-order valence-corrected chi connectivity index (χ1v) is 7.76. The summed E-state index contributed by atoms with van der Waals surface area (Å²) in [5, 5.41) is 25.5. The summed E-state index contributed by atoms with van der Waals surface area (Å²) in [6, 6.07) is 8.68. The van der Waals surface area contributed by atoms with Crippen LogP contribution in [0.15, 0.2) is 35.3 Å². The summed E-state index contributed by atoms with van der Waals surface area (Å²) in [7, 11) is 1.28. The number of rotatable bonds is 3. The molecule has 8 heteroatoms. The van der Waals surface area contributed by atoms with Gasteiger partial charge < -0.3 is 20.5 Å². The molecule has 0 bridgehead atoms. The maximum Gasteiger partial charge on any atom is 0.284 e. The van der Waals surface area contributed by atoms with Crippen molar-refractivity contribution in [3.8, 4) is 28.7 Å². The summed E-state index contributed by atoms with van der Waals surface area (Å²) in [6.07, 6.45) is 0. The second-order valence-electron chi connectivity index (χ2n) is 5.43. The number of nitrogens with one attached hydrogen (secondary N) is 2. The highest BCUT2D eigenvalue weighted by molar-refractivity contribution is 6.10. The number of hydrogen-bond acceptors (Lipinski definition) is 4. The Morgan fingerprint density at radius 1 is 1.31 bits per heavy atom. The van der Waals surface area contributed by atoms with Crippen molar-refractivity contribution in [2.75, 3.05) is 20.2 Å². The van der Waals surface area contributed by atoms with Crippen molar-refractivity contribution in [1.82, 2.24) is 10.6 Å². The number of phenolic OH excluding ortho intramolecular Hbond substituents is 1. The number of halogens is 1. The van der Waals surface area contributed by atoms with Crippen molar-refractivity contribution in [2.24, 2.45) is 4.99 Å². The van der Waals surface area contributed by atoms with Gasteiger partial charge in [-0.3, -0.25) is 4.79 Å². The van der Waals surface area contributed by atoms with E-state index in [1.165, 1.54) is 37.4 Å². The van der Waals surface area contributed by atoms with Crippen molar-refractivity contribution in [1.29, 1.82) is 5.26 Å². The van der Waals surface area contributed by atoms with Crippen LogP contribution >= 0.6 is 0 Å². The Labute approximate surface area is 148 Å². The topological polar surface area (TPSA) is 107 Å². The van der Waals surface area contributed by atoms with E-state index in [1.807, 2.05) is 6.07 Å². The van der Waals surface area contributed by atoms with Crippen molar-refractivity contribution in [3.63, 3.8) is 0 Å². The molecular formula is C18H15FN4O3. The van der Waals surface area contributed by atoms with Crippen LogP contribution in [-0.2, 0) is 0 Å². The van der Waals surface area contributed by atoms with Crippen LogP contribution in [0.1, 0.15) is 15.9 Å². The van der Waals surface area contributed by atoms with Gasteiger partial charge in [-0.15, -0.1) is 0 Å². The average molecular weight is 354 g/mol. The van der Waals surface area contributed by atoms with Crippen molar-refractivity contribution >= 4 is 11.9 Å². The molecule has 0 atom stereocenters. The molecule has 0 spiro atoms. The first-order chi connectivity index (χ1) is 12.6. The van der Waals surface area contributed by atoms with Crippen LogP contribution in [0.5, 0.6) is 11.5 Å². The first-order valence-electron chi connectivity index (χ1n) is 7.76. The Bertz CT molecular complexity index is 942. The predicted molar refractivity (Wildman–Crippen MR) is 92.5 cm³/mol. The summed E-state index contributed by atoms with van der Waals surface area (Å²) in [4.78, 5) is 16.6. The molecule has 3 N–H and O–H groups in total. The molecule has 0 radical (unpaired) electrons. The van der Waals surface area contributed by atoms with Crippen molar-refractivity contribution < 1.29 is 19.0 Å². The van der Waals surface area contributed by atoms with E-state index in [-0.39, 0.29) is 39.7 Å². The molecule has 1 amide bonds. The number of nitrogens with zero attached hydrogens (tertiary/aromatic N) is 2. The standard InChI is InChI=1S/C18H15FN4O3/c1-26-16-11(3-2-4-12(16)19)14-10(9-20)5-6-13(24)15(14)17(25)23-18-21-7-8-22-18/h2-6,24H,7-8H2,1H3,(H2,21,22,23,25). The van der Waals surface area contributed by atoms with E-state index < -0.39 is 11.7 Å². The lowest BCUT2D eigenvalue weighted by Gasteiger charge is -2.15. The molecule has 0 saturated carbocycles. The maximum absolute atomic E-state index is 14.1. The minimum absolute atomic E-state index is 0.0659. The molecule has 0 aliphatic carbocycles. The van der Waals surface area contributed by atoms with Gasteiger partial charge in [-0.2, -0.15) is 10.3 Å². The first kappa shape index (κ1) is 17.2. The van der Waals surface area contributed by atoms with Gasteiger partial charge in [-0.1, -0.05) is 12.1 Å². The van der Waals surface area contributed by atoms with E-state index in [9.17, 15) is 19.6 Å². The Balaban J connectivity index is 2.26. The number of carbonyl (C=O) groups excluding carboxylic acids is 1. The lowest BCUT2D eigenvalue weighted by Crippen LogP contribution is -2.25. The third-order valence-corrected chi connectivity index (χ3v) is 3.88. The SMILES string of the molecule is COc1c(F)cccc1-c1c(C#N)ccc(O)c1C(=O)N=C1NCCN1. The average Bonchev–Trinajstić information content (AvgIpc) is 3.14. The minimum Gasteiger partial charge on any atom is -0.507 e. The largest absolute Gasteiger partial charge is 0.507 e. The van der Waals surface area contributed by atoms with Crippen molar-refractivity contribution in [2.45, 2.75) is 0 Å². The second kappa shape index (κ2) is 7.11. The number of aliphatic imine (C=N–C) groups is 1. The monoisotopic (exact) mass is 354 g/mol. The van der Waals surface area contributed by atoms with E-state index in [4.69, 9.17) is 4.74 Å². The number of benzene rings is 2. The highest BCUT2D eigenvalue weighted by Crippen LogP contribution is 2.39. The van der Waals surface area contributed by atoms with Gasteiger partial charge in [-0.05, 0) is 18.2 Å². The van der Waals surface area contributed by atoms with E-state index in [2.05, 4.69) is 15.6 Å². The Morgan fingerprint density at radius 3 is 2.69 bits per heavy atom.